The molecule has 1 aliphatic rings. The van der Waals surface area contributed by atoms with E-state index in [0.29, 0.717) is 19.7 Å². The smallest absolute Gasteiger partial charge is 0.327 e. The van der Waals surface area contributed by atoms with Crippen molar-refractivity contribution in [2.75, 3.05) is 19.7 Å². The Morgan fingerprint density at radius 1 is 0.906 bits per heavy atom. The van der Waals surface area contributed by atoms with E-state index in [1.807, 2.05) is 97.9 Å². The fraction of sp³-hybridized carbons (Fsp3) is 0.321. The van der Waals surface area contributed by atoms with Gasteiger partial charge in [0.1, 0.15) is 11.6 Å². The maximum Gasteiger partial charge on any atom is 0.327 e. The van der Waals surface area contributed by atoms with Crippen molar-refractivity contribution in [2.45, 2.75) is 31.4 Å². The highest BCUT2D eigenvalue weighted by Gasteiger charge is 2.43. The van der Waals surface area contributed by atoms with Gasteiger partial charge in [-0.1, -0.05) is 91.0 Å². The largest absolute Gasteiger partial charge is 0.465 e. The average Bonchev–Trinajstić information content (AvgIpc) is 2.86. The quantitative estimate of drug-likeness (QED) is 0.541. The minimum Gasteiger partial charge on any atom is -0.465 e. The van der Waals surface area contributed by atoms with E-state index < -0.39 is 11.6 Å². The number of esters is 1. The van der Waals surface area contributed by atoms with Gasteiger partial charge in [-0.25, -0.2) is 4.79 Å². The van der Waals surface area contributed by atoms with Gasteiger partial charge in [-0.3, -0.25) is 4.90 Å². The van der Waals surface area contributed by atoms with E-state index >= 15 is 0 Å². The Morgan fingerprint density at radius 2 is 1.38 bits per heavy atom. The van der Waals surface area contributed by atoms with Crippen LogP contribution in [0.5, 0.6) is 0 Å². The number of hydrogen-bond donors (Lipinski definition) is 1. The Bertz CT molecular complexity index is 943. The summed E-state index contributed by atoms with van der Waals surface area (Å²) in [6.45, 7) is 3.63. The Labute approximate surface area is 190 Å². The molecule has 166 valence electrons. The number of likely N-dealkylation sites (tertiary alicyclic amines) is 1. The lowest BCUT2D eigenvalue weighted by molar-refractivity contribution is -0.151. The molecule has 32 heavy (non-hydrogen) atoms. The predicted molar refractivity (Wildman–Crippen MR) is 126 cm³/mol. The van der Waals surface area contributed by atoms with Gasteiger partial charge in [0.15, 0.2) is 0 Å². The number of piperidine rings is 1. The van der Waals surface area contributed by atoms with Gasteiger partial charge >= 0.3 is 5.97 Å². The maximum atomic E-state index is 12.9. The van der Waals surface area contributed by atoms with Gasteiger partial charge < -0.3 is 9.84 Å². The Hall–Kier alpha value is -2.95. The van der Waals surface area contributed by atoms with Gasteiger partial charge in [-0.05, 0) is 55.5 Å². The molecule has 0 bridgehead atoms. The second-order valence-electron chi connectivity index (χ2n) is 8.37. The first-order valence-corrected chi connectivity index (χ1v) is 11.4. The van der Waals surface area contributed by atoms with Crippen LogP contribution in [0.4, 0.5) is 0 Å². The van der Waals surface area contributed by atoms with Crippen molar-refractivity contribution in [3.05, 3.63) is 108 Å². The van der Waals surface area contributed by atoms with Crippen molar-refractivity contribution >= 4 is 5.97 Å². The molecule has 1 saturated heterocycles. The maximum absolute atomic E-state index is 12.9. The van der Waals surface area contributed by atoms with E-state index in [9.17, 15) is 9.90 Å². The zero-order valence-electron chi connectivity index (χ0n) is 18.6. The topological polar surface area (TPSA) is 49.8 Å². The van der Waals surface area contributed by atoms with Crippen LogP contribution in [-0.2, 0) is 15.1 Å². The van der Waals surface area contributed by atoms with Crippen molar-refractivity contribution in [3.8, 4) is 0 Å². The molecule has 0 aromatic heterocycles. The summed E-state index contributed by atoms with van der Waals surface area (Å²) in [6.07, 6.45) is 1.56. The second kappa shape index (κ2) is 10.1. The van der Waals surface area contributed by atoms with Crippen molar-refractivity contribution in [1.82, 2.24) is 4.90 Å². The van der Waals surface area contributed by atoms with E-state index in [4.69, 9.17) is 4.74 Å². The molecular weight excluding hydrogens is 398 g/mol. The molecular formula is C28H31NO3. The summed E-state index contributed by atoms with van der Waals surface area (Å²) in [5.41, 5.74) is 1.70. The highest BCUT2D eigenvalue weighted by atomic mass is 16.5. The number of hydrogen-bond acceptors (Lipinski definition) is 4. The summed E-state index contributed by atoms with van der Waals surface area (Å²) < 4.78 is 5.41. The van der Waals surface area contributed by atoms with Crippen LogP contribution in [0.3, 0.4) is 0 Å². The van der Waals surface area contributed by atoms with E-state index in [-0.39, 0.29) is 11.9 Å². The lowest BCUT2D eigenvalue weighted by Crippen LogP contribution is -2.46. The van der Waals surface area contributed by atoms with Crippen LogP contribution in [0.25, 0.3) is 0 Å². The molecule has 0 radical (unpaired) electrons. The third kappa shape index (κ3) is 4.47. The van der Waals surface area contributed by atoms with Gasteiger partial charge in [0.25, 0.3) is 0 Å². The molecule has 3 aromatic rings. The molecule has 3 aromatic carbocycles. The van der Waals surface area contributed by atoms with Crippen molar-refractivity contribution in [3.63, 3.8) is 0 Å². The van der Waals surface area contributed by atoms with Gasteiger partial charge in [0, 0.05) is 0 Å². The average molecular weight is 430 g/mol. The Morgan fingerprint density at radius 3 is 1.84 bits per heavy atom. The van der Waals surface area contributed by atoms with Gasteiger partial charge in [-0.2, -0.15) is 0 Å². The van der Waals surface area contributed by atoms with Crippen LogP contribution in [0.1, 0.15) is 42.5 Å². The Kier molecular flexibility index (Phi) is 7.03. The summed E-state index contributed by atoms with van der Waals surface area (Å²) in [7, 11) is 0. The molecule has 1 aliphatic heterocycles. The highest BCUT2D eigenvalue weighted by molar-refractivity contribution is 5.77. The lowest BCUT2D eigenvalue weighted by atomic mass is 9.72. The first kappa shape index (κ1) is 22.3. The number of benzene rings is 3. The van der Waals surface area contributed by atoms with Crippen LogP contribution >= 0.6 is 0 Å². The van der Waals surface area contributed by atoms with Crippen LogP contribution in [0, 0.1) is 5.92 Å². The Balaban J connectivity index is 1.60. The van der Waals surface area contributed by atoms with Crippen LogP contribution < -0.4 is 0 Å². The number of aliphatic hydroxyl groups is 1. The van der Waals surface area contributed by atoms with Crippen molar-refractivity contribution in [1.29, 1.82) is 0 Å². The summed E-state index contributed by atoms with van der Waals surface area (Å²) in [4.78, 5) is 15.0. The third-order valence-corrected chi connectivity index (χ3v) is 6.54. The zero-order chi connectivity index (χ0) is 22.4. The number of rotatable bonds is 7. The van der Waals surface area contributed by atoms with Gasteiger partial charge in [-0.15, -0.1) is 0 Å². The molecule has 0 saturated carbocycles. The summed E-state index contributed by atoms with van der Waals surface area (Å²) in [5.74, 6) is -0.166. The molecule has 4 nitrogen and oxygen atoms in total. The molecule has 1 atom stereocenters. The molecule has 1 heterocycles. The monoisotopic (exact) mass is 429 g/mol. The summed E-state index contributed by atoms with van der Waals surface area (Å²) in [5, 5.41) is 12.1. The number of ether oxygens (including phenoxy) is 1. The molecule has 4 rings (SSSR count). The molecule has 0 aliphatic carbocycles. The molecule has 0 unspecified atom stereocenters. The minimum absolute atomic E-state index is 0.0437. The van der Waals surface area contributed by atoms with Crippen LogP contribution in [-0.4, -0.2) is 35.7 Å². The van der Waals surface area contributed by atoms with Gasteiger partial charge in [0.2, 0.25) is 0 Å². The van der Waals surface area contributed by atoms with E-state index in [0.717, 1.165) is 29.5 Å². The molecule has 0 spiro atoms. The predicted octanol–water partition coefficient (Wildman–Crippen LogP) is 4.94. The first-order chi connectivity index (χ1) is 15.6. The minimum atomic E-state index is -1.07. The van der Waals surface area contributed by atoms with E-state index in [1.54, 1.807) is 0 Å². The fourth-order valence-electron chi connectivity index (χ4n) is 4.95. The van der Waals surface area contributed by atoms with Crippen molar-refractivity contribution < 1.29 is 14.6 Å². The molecule has 4 heteroatoms. The number of carbonyl (C=O) groups is 1. The standard InChI is InChI=1S/C28H31NO3/c1-2-32-27(30)26(22-12-6-3-7-13-22)29-20-18-25(19-21-29)28(31,23-14-8-4-9-15-23)24-16-10-5-11-17-24/h3-17,25-26,31H,2,18-21H2,1H3/t26-/m0/s1. The summed E-state index contributed by atoms with van der Waals surface area (Å²) >= 11 is 0. The second-order valence-corrected chi connectivity index (χ2v) is 8.37. The molecule has 1 N–H and O–H groups in total. The van der Waals surface area contributed by atoms with E-state index in [2.05, 4.69) is 4.90 Å². The number of nitrogens with zero attached hydrogens (tertiary/aromatic N) is 1. The molecule has 1 fully saturated rings. The van der Waals surface area contributed by atoms with Gasteiger partial charge in [0.05, 0.1) is 6.61 Å². The fourth-order valence-corrected chi connectivity index (χ4v) is 4.95. The number of carbonyl (C=O) groups excluding carboxylic acids is 1. The molecule has 0 amide bonds. The lowest BCUT2D eigenvalue weighted by Gasteiger charge is -2.43. The van der Waals surface area contributed by atoms with Crippen LogP contribution in [0.15, 0.2) is 91.0 Å². The third-order valence-electron chi connectivity index (χ3n) is 6.54. The zero-order valence-corrected chi connectivity index (χ0v) is 18.6. The normalized spacial score (nSPS) is 16.4. The van der Waals surface area contributed by atoms with E-state index in [1.165, 1.54) is 0 Å². The van der Waals surface area contributed by atoms with Crippen molar-refractivity contribution in [2.24, 2.45) is 5.92 Å². The first-order valence-electron chi connectivity index (χ1n) is 11.4. The highest BCUT2D eigenvalue weighted by Crippen LogP contribution is 2.43. The SMILES string of the molecule is CCOC(=O)[C@H](c1ccccc1)N1CCC(C(O)(c2ccccc2)c2ccccc2)CC1. The van der Waals surface area contributed by atoms with Crippen LogP contribution in [0.2, 0.25) is 0 Å². The summed E-state index contributed by atoms with van der Waals surface area (Å²) in [6, 6.07) is 29.3.